The van der Waals surface area contributed by atoms with Crippen LogP contribution in [0.5, 0.6) is 11.5 Å². The Bertz CT molecular complexity index is 996. The van der Waals surface area contributed by atoms with E-state index in [0.29, 0.717) is 49.2 Å². The van der Waals surface area contributed by atoms with Crippen molar-refractivity contribution < 1.29 is 31.1 Å². The van der Waals surface area contributed by atoms with Gasteiger partial charge in [0.25, 0.3) is 0 Å². The first kappa shape index (κ1) is 18.1. The fourth-order valence-electron chi connectivity index (χ4n) is 3.46. The molecular formula is C18H16F3NO4S. The van der Waals surface area contributed by atoms with Crippen LogP contribution >= 0.6 is 0 Å². The van der Waals surface area contributed by atoms with Crippen molar-refractivity contribution in [3.05, 3.63) is 53.3 Å². The zero-order chi connectivity index (χ0) is 19.2. The summed E-state index contributed by atoms with van der Waals surface area (Å²) in [5, 5.41) is 0. The summed E-state index contributed by atoms with van der Waals surface area (Å²) in [7, 11) is -4.35. The van der Waals surface area contributed by atoms with Crippen LogP contribution in [0.2, 0.25) is 0 Å². The van der Waals surface area contributed by atoms with Crippen molar-refractivity contribution in [1.29, 1.82) is 0 Å². The largest absolute Gasteiger partial charge is 0.486 e. The van der Waals surface area contributed by atoms with E-state index in [1.807, 2.05) is 0 Å². The van der Waals surface area contributed by atoms with Crippen molar-refractivity contribution in [3.63, 3.8) is 0 Å². The molecule has 2 aromatic carbocycles. The molecule has 1 fully saturated rings. The smallest absolute Gasteiger partial charge is 0.246 e. The highest BCUT2D eigenvalue weighted by Crippen LogP contribution is 2.41. The van der Waals surface area contributed by atoms with Gasteiger partial charge >= 0.3 is 0 Å². The van der Waals surface area contributed by atoms with E-state index in [2.05, 4.69) is 0 Å². The molecule has 2 aliphatic heterocycles. The van der Waals surface area contributed by atoms with Gasteiger partial charge in [-0.15, -0.1) is 0 Å². The summed E-state index contributed by atoms with van der Waals surface area (Å²) in [5.41, 5.74) is 0.670. The Morgan fingerprint density at radius 3 is 2.48 bits per heavy atom. The van der Waals surface area contributed by atoms with E-state index in [-0.39, 0.29) is 6.54 Å². The molecule has 0 spiro atoms. The average molecular weight is 399 g/mol. The van der Waals surface area contributed by atoms with E-state index in [0.717, 1.165) is 10.4 Å². The molecular weight excluding hydrogens is 383 g/mol. The maximum Gasteiger partial charge on any atom is 0.246 e. The minimum atomic E-state index is -4.35. The Kier molecular flexibility index (Phi) is 4.51. The first-order valence-corrected chi connectivity index (χ1v) is 9.88. The average Bonchev–Trinajstić information content (AvgIpc) is 3.16. The molecule has 0 N–H and O–H groups in total. The van der Waals surface area contributed by atoms with Crippen molar-refractivity contribution in [2.75, 3.05) is 19.8 Å². The normalized spacial score (nSPS) is 20.0. The lowest BCUT2D eigenvalue weighted by Crippen LogP contribution is -2.31. The number of hydrogen-bond donors (Lipinski definition) is 0. The van der Waals surface area contributed by atoms with Crippen LogP contribution in [0.3, 0.4) is 0 Å². The first-order chi connectivity index (χ1) is 12.9. The summed E-state index contributed by atoms with van der Waals surface area (Å²) in [4.78, 5) is -0.870. The SMILES string of the molecule is O=S(=O)(c1ccc(F)c(F)c1F)N1CCC[C@H]1c1ccc2c(c1)OCCO2. The summed E-state index contributed by atoms with van der Waals surface area (Å²) < 4.78 is 78.8. The summed E-state index contributed by atoms with van der Waals surface area (Å²) in [6, 6.07) is 5.94. The number of halogens is 3. The highest BCUT2D eigenvalue weighted by atomic mass is 32.2. The molecule has 0 aromatic heterocycles. The van der Waals surface area contributed by atoms with E-state index in [1.165, 1.54) is 0 Å². The molecule has 2 aromatic rings. The molecule has 1 atom stereocenters. The molecule has 2 heterocycles. The van der Waals surface area contributed by atoms with E-state index < -0.39 is 38.4 Å². The number of sulfonamides is 1. The van der Waals surface area contributed by atoms with E-state index in [4.69, 9.17) is 9.47 Å². The van der Waals surface area contributed by atoms with Crippen molar-refractivity contribution in [3.8, 4) is 11.5 Å². The molecule has 2 aliphatic rings. The Morgan fingerprint density at radius 1 is 0.963 bits per heavy atom. The van der Waals surface area contributed by atoms with Gasteiger partial charge in [-0.05, 0) is 42.7 Å². The third-order valence-corrected chi connectivity index (χ3v) is 6.67. The molecule has 0 bridgehead atoms. The third kappa shape index (κ3) is 3.04. The lowest BCUT2D eigenvalue weighted by atomic mass is 10.0. The monoisotopic (exact) mass is 399 g/mol. The van der Waals surface area contributed by atoms with Gasteiger partial charge in [0.05, 0.1) is 6.04 Å². The summed E-state index contributed by atoms with van der Waals surface area (Å²) >= 11 is 0. The summed E-state index contributed by atoms with van der Waals surface area (Å²) in [6.45, 7) is 0.981. The second-order valence-corrected chi connectivity index (χ2v) is 8.21. The van der Waals surface area contributed by atoms with Gasteiger partial charge in [-0.3, -0.25) is 0 Å². The molecule has 0 unspecified atom stereocenters. The molecule has 9 heteroatoms. The Morgan fingerprint density at radius 2 is 1.70 bits per heavy atom. The van der Waals surface area contributed by atoms with Crippen LogP contribution in [-0.4, -0.2) is 32.5 Å². The third-order valence-electron chi connectivity index (χ3n) is 4.74. The molecule has 0 saturated carbocycles. The van der Waals surface area contributed by atoms with E-state index in [9.17, 15) is 21.6 Å². The number of ether oxygens (including phenoxy) is 2. The molecule has 27 heavy (non-hydrogen) atoms. The van der Waals surface area contributed by atoms with Crippen LogP contribution in [0, 0.1) is 17.5 Å². The summed E-state index contributed by atoms with van der Waals surface area (Å²) in [5.74, 6) is -3.85. The lowest BCUT2D eigenvalue weighted by molar-refractivity contribution is 0.171. The second kappa shape index (κ2) is 6.72. The van der Waals surface area contributed by atoms with Gasteiger partial charge < -0.3 is 9.47 Å². The number of hydrogen-bond acceptors (Lipinski definition) is 4. The minimum Gasteiger partial charge on any atom is -0.486 e. The number of nitrogens with zero attached hydrogens (tertiary/aromatic N) is 1. The Hall–Kier alpha value is -2.26. The van der Waals surface area contributed by atoms with Crippen molar-refractivity contribution >= 4 is 10.0 Å². The van der Waals surface area contributed by atoms with Gasteiger partial charge in [-0.1, -0.05) is 6.07 Å². The summed E-state index contributed by atoms with van der Waals surface area (Å²) in [6.07, 6.45) is 1.08. The maximum absolute atomic E-state index is 14.1. The van der Waals surface area contributed by atoms with Crippen LogP contribution in [0.15, 0.2) is 35.2 Å². The quantitative estimate of drug-likeness (QED) is 0.743. The van der Waals surface area contributed by atoms with E-state index in [1.54, 1.807) is 18.2 Å². The molecule has 0 aliphatic carbocycles. The predicted octanol–water partition coefficient (Wildman–Crippen LogP) is 3.40. The first-order valence-electron chi connectivity index (χ1n) is 8.44. The number of benzene rings is 2. The van der Waals surface area contributed by atoms with Gasteiger partial charge in [-0.2, -0.15) is 4.31 Å². The van der Waals surface area contributed by atoms with Crippen molar-refractivity contribution in [1.82, 2.24) is 4.31 Å². The number of rotatable bonds is 3. The molecule has 5 nitrogen and oxygen atoms in total. The maximum atomic E-state index is 14.1. The molecule has 144 valence electrons. The van der Waals surface area contributed by atoms with Crippen LogP contribution in [0.1, 0.15) is 24.4 Å². The Labute approximate surface area is 154 Å². The van der Waals surface area contributed by atoms with Gasteiger partial charge in [0.2, 0.25) is 10.0 Å². The van der Waals surface area contributed by atoms with Crippen molar-refractivity contribution in [2.24, 2.45) is 0 Å². The fourth-order valence-corrected chi connectivity index (χ4v) is 5.20. The van der Waals surface area contributed by atoms with Gasteiger partial charge in [-0.25, -0.2) is 21.6 Å². The standard InChI is InChI=1S/C18H16F3NO4S/c19-12-4-6-16(18(21)17(12)20)27(23,24)22-7-1-2-13(22)11-3-5-14-15(10-11)26-9-8-25-14/h3-6,10,13H,1-2,7-9H2/t13-/m0/s1. The van der Waals surface area contributed by atoms with Gasteiger partial charge in [0.15, 0.2) is 29.0 Å². The highest BCUT2D eigenvalue weighted by Gasteiger charge is 2.39. The van der Waals surface area contributed by atoms with Crippen LogP contribution < -0.4 is 9.47 Å². The minimum absolute atomic E-state index is 0.153. The van der Waals surface area contributed by atoms with Crippen LogP contribution in [0.25, 0.3) is 0 Å². The highest BCUT2D eigenvalue weighted by molar-refractivity contribution is 7.89. The predicted molar refractivity (Wildman–Crippen MR) is 89.6 cm³/mol. The molecule has 1 saturated heterocycles. The molecule has 0 amide bonds. The fraction of sp³-hybridized carbons (Fsp3) is 0.333. The van der Waals surface area contributed by atoms with Crippen LogP contribution in [0.4, 0.5) is 13.2 Å². The number of fused-ring (bicyclic) bond motifs is 1. The van der Waals surface area contributed by atoms with Gasteiger partial charge in [0, 0.05) is 6.54 Å². The van der Waals surface area contributed by atoms with Gasteiger partial charge in [0.1, 0.15) is 18.1 Å². The Balaban J connectivity index is 1.72. The lowest BCUT2D eigenvalue weighted by Gasteiger charge is -2.26. The zero-order valence-electron chi connectivity index (χ0n) is 14.1. The van der Waals surface area contributed by atoms with Crippen LogP contribution in [-0.2, 0) is 10.0 Å². The van der Waals surface area contributed by atoms with Crippen molar-refractivity contribution in [2.45, 2.75) is 23.8 Å². The van der Waals surface area contributed by atoms with E-state index >= 15 is 0 Å². The molecule has 4 rings (SSSR count). The second-order valence-electron chi connectivity index (χ2n) is 6.35. The molecule has 0 radical (unpaired) electrons. The topological polar surface area (TPSA) is 55.8 Å². The zero-order valence-corrected chi connectivity index (χ0v) is 14.9.